The van der Waals surface area contributed by atoms with E-state index in [0.717, 1.165) is 27.3 Å². The molecule has 0 bridgehead atoms. The number of hydrogen-bond donors (Lipinski definition) is 1. The molecule has 2 heterocycles. The quantitative estimate of drug-likeness (QED) is 0.635. The molecule has 3 aromatic rings. The van der Waals surface area contributed by atoms with Crippen LogP contribution in [0, 0.1) is 6.92 Å². The molecule has 0 aliphatic carbocycles. The molecule has 1 aliphatic rings. The Balaban J connectivity index is 1.55. The summed E-state index contributed by atoms with van der Waals surface area (Å²) in [4.78, 5) is 33.0. The highest BCUT2D eigenvalue weighted by atomic mass is 32.2. The molecular formula is C24H21N3O2S. The Morgan fingerprint density at radius 1 is 1.10 bits per heavy atom. The molecule has 0 radical (unpaired) electrons. The normalized spacial score (nSPS) is 14.5. The topological polar surface area (TPSA) is 62.3 Å². The summed E-state index contributed by atoms with van der Waals surface area (Å²) in [6.07, 6.45) is 5.28. The number of nitrogens with one attached hydrogen (secondary N) is 1. The minimum Gasteiger partial charge on any atom is -0.350 e. The molecule has 0 spiro atoms. The predicted octanol–water partition coefficient (Wildman–Crippen LogP) is 4.19. The van der Waals surface area contributed by atoms with E-state index >= 15 is 0 Å². The molecule has 5 nitrogen and oxygen atoms in total. The van der Waals surface area contributed by atoms with Crippen molar-refractivity contribution in [3.8, 4) is 0 Å². The Hall–Kier alpha value is -3.38. The van der Waals surface area contributed by atoms with Crippen molar-refractivity contribution in [2.75, 3.05) is 11.4 Å². The fourth-order valence-corrected chi connectivity index (χ4v) is 4.19. The van der Waals surface area contributed by atoms with Crippen molar-refractivity contribution in [1.82, 2.24) is 10.3 Å². The molecule has 1 N–H and O–H groups in total. The number of anilines is 1. The molecule has 0 fully saturated rings. The number of amides is 2. The number of benzene rings is 2. The van der Waals surface area contributed by atoms with Gasteiger partial charge in [-0.15, -0.1) is 0 Å². The lowest BCUT2D eigenvalue weighted by Crippen LogP contribution is -2.42. The van der Waals surface area contributed by atoms with Crippen molar-refractivity contribution >= 4 is 35.3 Å². The molecule has 30 heavy (non-hydrogen) atoms. The summed E-state index contributed by atoms with van der Waals surface area (Å²) in [6, 6.07) is 19.4. The van der Waals surface area contributed by atoms with Gasteiger partial charge in [-0.25, -0.2) is 0 Å². The van der Waals surface area contributed by atoms with Crippen LogP contribution in [-0.2, 0) is 16.1 Å². The first kappa shape index (κ1) is 19.9. The molecule has 0 saturated carbocycles. The summed E-state index contributed by atoms with van der Waals surface area (Å²) < 4.78 is 0. The highest BCUT2D eigenvalue weighted by Gasteiger charge is 2.30. The molecule has 0 atom stereocenters. The zero-order chi connectivity index (χ0) is 20.9. The van der Waals surface area contributed by atoms with Crippen LogP contribution in [-0.4, -0.2) is 23.3 Å². The lowest BCUT2D eigenvalue weighted by atomic mass is 10.1. The highest BCUT2D eigenvalue weighted by molar-refractivity contribution is 8.04. The number of pyridine rings is 1. The van der Waals surface area contributed by atoms with E-state index in [1.165, 1.54) is 11.8 Å². The van der Waals surface area contributed by atoms with Gasteiger partial charge in [0.2, 0.25) is 5.91 Å². The first-order valence-electron chi connectivity index (χ1n) is 9.63. The maximum absolute atomic E-state index is 13.2. The summed E-state index contributed by atoms with van der Waals surface area (Å²) in [5.74, 6) is -0.389. The van der Waals surface area contributed by atoms with Gasteiger partial charge in [0.1, 0.15) is 6.54 Å². The number of carbonyl (C=O) groups excluding carboxylic acids is 2. The van der Waals surface area contributed by atoms with Gasteiger partial charge in [0.15, 0.2) is 0 Å². The van der Waals surface area contributed by atoms with Crippen molar-refractivity contribution in [2.45, 2.75) is 18.4 Å². The van der Waals surface area contributed by atoms with Crippen LogP contribution < -0.4 is 10.2 Å². The van der Waals surface area contributed by atoms with Gasteiger partial charge in [-0.1, -0.05) is 59.8 Å². The van der Waals surface area contributed by atoms with Gasteiger partial charge in [-0.05, 0) is 42.3 Å². The summed E-state index contributed by atoms with van der Waals surface area (Å²) >= 11 is 1.44. The Morgan fingerprint density at radius 2 is 1.90 bits per heavy atom. The lowest BCUT2D eigenvalue weighted by Gasteiger charge is -2.29. The van der Waals surface area contributed by atoms with E-state index in [1.54, 1.807) is 17.3 Å². The molecule has 0 saturated heterocycles. The predicted molar refractivity (Wildman–Crippen MR) is 120 cm³/mol. The second kappa shape index (κ2) is 8.97. The molecule has 150 valence electrons. The molecule has 2 aromatic carbocycles. The van der Waals surface area contributed by atoms with E-state index in [9.17, 15) is 9.59 Å². The van der Waals surface area contributed by atoms with Gasteiger partial charge in [0.05, 0.1) is 10.6 Å². The Bertz CT molecular complexity index is 1090. The summed E-state index contributed by atoms with van der Waals surface area (Å²) in [5.41, 5.74) is 3.78. The average molecular weight is 416 g/mol. The van der Waals surface area contributed by atoms with Crippen molar-refractivity contribution < 1.29 is 9.59 Å². The number of fused-ring (bicyclic) bond motifs is 1. The van der Waals surface area contributed by atoms with E-state index in [0.29, 0.717) is 11.4 Å². The van der Waals surface area contributed by atoms with Crippen LogP contribution >= 0.6 is 11.8 Å². The van der Waals surface area contributed by atoms with Crippen molar-refractivity contribution in [2.24, 2.45) is 0 Å². The average Bonchev–Trinajstić information content (AvgIpc) is 2.77. The number of carbonyl (C=O) groups is 2. The van der Waals surface area contributed by atoms with E-state index in [1.807, 2.05) is 73.7 Å². The number of aryl methyl sites for hydroxylation is 1. The second-order valence-corrected chi connectivity index (χ2v) is 8.10. The zero-order valence-electron chi connectivity index (χ0n) is 16.5. The number of hydrogen-bond acceptors (Lipinski definition) is 4. The standard InChI is InChI=1S/C24H21N3O2S/c1-17-8-10-18(11-9-17)13-22-24(29)27(20-6-2-3-7-21(20)30-22)16-23(28)26-15-19-5-4-12-25-14-19/h2-14H,15-16H2,1H3,(H,26,28)/b22-13-. The summed E-state index contributed by atoms with van der Waals surface area (Å²) in [5, 5.41) is 2.87. The number of thioether (sulfide) groups is 1. The number of aromatic nitrogens is 1. The van der Waals surface area contributed by atoms with Gasteiger partial charge in [0.25, 0.3) is 5.91 Å². The van der Waals surface area contributed by atoms with Crippen LogP contribution in [0.15, 0.2) is 82.9 Å². The fraction of sp³-hybridized carbons (Fsp3) is 0.125. The Labute approximate surface area is 179 Å². The highest BCUT2D eigenvalue weighted by Crippen LogP contribution is 2.41. The summed E-state index contributed by atoms with van der Waals surface area (Å²) in [6.45, 7) is 2.36. The summed E-state index contributed by atoms with van der Waals surface area (Å²) in [7, 11) is 0. The van der Waals surface area contributed by atoms with Gasteiger partial charge in [-0.3, -0.25) is 19.5 Å². The van der Waals surface area contributed by atoms with Crippen molar-refractivity contribution in [3.05, 3.63) is 94.7 Å². The third kappa shape index (κ3) is 4.60. The van der Waals surface area contributed by atoms with Crippen LogP contribution in [0.2, 0.25) is 0 Å². The fourth-order valence-electron chi connectivity index (χ4n) is 3.14. The molecular weight excluding hydrogens is 394 g/mol. The number of nitrogens with zero attached hydrogens (tertiary/aromatic N) is 2. The zero-order valence-corrected chi connectivity index (χ0v) is 17.4. The van der Waals surface area contributed by atoms with Gasteiger partial charge in [-0.2, -0.15) is 0 Å². The third-order valence-corrected chi connectivity index (χ3v) is 5.80. The maximum Gasteiger partial charge on any atom is 0.265 e. The van der Waals surface area contributed by atoms with Gasteiger partial charge >= 0.3 is 0 Å². The van der Waals surface area contributed by atoms with Crippen molar-refractivity contribution in [1.29, 1.82) is 0 Å². The van der Waals surface area contributed by atoms with Gasteiger partial charge < -0.3 is 5.32 Å². The SMILES string of the molecule is Cc1ccc(/C=C2\Sc3ccccc3N(CC(=O)NCc3cccnc3)C2=O)cc1. The first-order valence-corrected chi connectivity index (χ1v) is 10.4. The Kier molecular flexibility index (Phi) is 5.95. The number of para-hydroxylation sites is 1. The minimum atomic E-state index is -0.219. The Morgan fingerprint density at radius 3 is 2.67 bits per heavy atom. The molecule has 0 unspecified atom stereocenters. The monoisotopic (exact) mass is 415 g/mol. The van der Waals surface area contributed by atoms with Crippen LogP contribution in [0.4, 0.5) is 5.69 Å². The third-order valence-electron chi connectivity index (χ3n) is 4.72. The van der Waals surface area contributed by atoms with E-state index in [-0.39, 0.29) is 18.4 Å². The molecule has 1 aromatic heterocycles. The maximum atomic E-state index is 13.2. The van der Waals surface area contributed by atoms with Crippen molar-refractivity contribution in [3.63, 3.8) is 0 Å². The molecule has 2 amide bonds. The van der Waals surface area contributed by atoms with Crippen LogP contribution in [0.25, 0.3) is 6.08 Å². The minimum absolute atomic E-state index is 0.0398. The van der Waals surface area contributed by atoms with Crippen LogP contribution in [0.5, 0.6) is 0 Å². The van der Waals surface area contributed by atoms with E-state index in [2.05, 4.69) is 10.3 Å². The second-order valence-electron chi connectivity index (χ2n) is 7.02. The molecule has 4 rings (SSSR count). The van der Waals surface area contributed by atoms with Crippen LogP contribution in [0.1, 0.15) is 16.7 Å². The van der Waals surface area contributed by atoms with Crippen LogP contribution in [0.3, 0.4) is 0 Å². The molecule has 1 aliphatic heterocycles. The lowest BCUT2D eigenvalue weighted by molar-refractivity contribution is -0.122. The largest absolute Gasteiger partial charge is 0.350 e. The smallest absolute Gasteiger partial charge is 0.265 e. The van der Waals surface area contributed by atoms with E-state index in [4.69, 9.17) is 0 Å². The van der Waals surface area contributed by atoms with E-state index < -0.39 is 0 Å². The molecule has 6 heteroatoms. The first-order chi connectivity index (χ1) is 14.6. The van der Waals surface area contributed by atoms with Gasteiger partial charge in [0, 0.05) is 23.8 Å². The number of rotatable bonds is 5.